The van der Waals surface area contributed by atoms with Crippen LogP contribution in [0.1, 0.15) is 30.4 Å². The van der Waals surface area contributed by atoms with Crippen molar-refractivity contribution in [3.8, 4) is 12.1 Å². The second kappa shape index (κ2) is 6.06. The van der Waals surface area contributed by atoms with Crippen molar-refractivity contribution in [2.75, 3.05) is 5.32 Å². The van der Waals surface area contributed by atoms with Crippen LogP contribution in [0.25, 0.3) is 0 Å². The standard InChI is InChI=1S/C15H13N3O3/c16-7-9-4-5-11(6-10(9)8-17)18-14(19)12-2-1-3-13(12)15(20)21/h4-6,12-13H,1-3H2,(H,18,19)(H,20,21). The van der Waals surface area contributed by atoms with Crippen molar-refractivity contribution in [3.63, 3.8) is 0 Å². The van der Waals surface area contributed by atoms with E-state index in [9.17, 15) is 9.59 Å². The van der Waals surface area contributed by atoms with E-state index in [-0.39, 0.29) is 17.0 Å². The van der Waals surface area contributed by atoms with Crippen molar-refractivity contribution in [1.29, 1.82) is 10.5 Å². The summed E-state index contributed by atoms with van der Waals surface area (Å²) in [6.45, 7) is 0. The number of hydrogen-bond donors (Lipinski definition) is 2. The highest BCUT2D eigenvalue weighted by molar-refractivity contribution is 5.95. The lowest BCUT2D eigenvalue weighted by atomic mass is 9.95. The Morgan fingerprint density at radius 3 is 2.43 bits per heavy atom. The number of anilines is 1. The lowest BCUT2D eigenvalue weighted by Crippen LogP contribution is -2.30. The number of aliphatic carboxylic acids is 1. The lowest BCUT2D eigenvalue weighted by molar-refractivity contribution is -0.145. The van der Waals surface area contributed by atoms with Crippen molar-refractivity contribution in [3.05, 3.63) is 29.3 Å². The lowest BCUT2D eigenvalue weighted by Gasteiger charge is -2.15. The predicted octanol–water partition coefficient (Wildman–Crippen LogP) is 1.87. The first kappa shape index (κ1) is 14.5. The molecule has 2 N–H and O–H groups in total. The number of carbonyl (C=O) groups is 2. The first-order valence-electron chi connectivity index (χ1n) is 6.54. The van der Waals surface area contributed by atoms with E-state index in [1.165, 1.54) is 18.2 Å². The predicted molar refractivity (Wildman–Crippen MR) is 73.0 cm³/mol. The first-order valence-corrected chi connectivity index (χ1v) is 6.54. The van der Waals surface area contributed by atoms with Gasteiger partial charge in [-0.1, -0.05) is 6.42 Å². The summed E-state index contributed by atoms with van der Waals surface area (Å²) in [5.41, 5.74) is 0.808. The van der Waals surface area contributed by atoms with Gasteiger partial charge in [-0.15, -0.1) is 0 Å². The average molecular weight is 283 g/mol. The Labute approximate surface area is 121 Å². The quantitative estimate of drug-likeness (QED) is 0.878. The molecule has 1 saturated carbocycles. The zero-order valence-corrected chi connectivity index (χ0v) is 11.2. The van der Waals surface area contributed by atoms with Crippen molar-refractivity contribution in [2.24, 2.45) is 11.8 Å². The number of nitrogens with zero attached hydrogens (tertiary/aromatic N) is 2. The highest BCUT2D eigenvalue weighted by Gasteiger charge is 2.37. The fourth-order valence-electron chi connectivity index (χ4n) is 2.62. The third kappa shape index (κ3) is 3.01. The number of carboxylic acid groups (broad SMARTS) is 1. The molecule has 6 heteroatoms. The summed E-state index contributed by atoms with van der Waals surface area (Å²) in [4.78, 5) is 23.3. The second-order valence-corrected chi connectivity index (χ2v) is 4.96. The van der Waals surface area contributed by atoms with E-state index in [1.54, 1.807) is 0 Å². The van der Waals surface area contributed by atoms with Crippen LogP contribution in [-0.4, -0.2) is 17.0 Å². The molecule has 0 bridgehead atoms. The summed E-state index contributed by atoms with van der Waals surface area (Å²) in [7, 11) is 0. The Bertz CT molecular complexity index is 670. The molecule has 106 valence electrons. The largest absolute Gasteiger partial charge is 0.481 e. The van der Waals surface area contributed by atoms with Gasteiger partial charge in [0.05, 0.1) is 23.0 Å². The normalized spacial score (nSPS) is 20.3. The number of rotatable bonds is 3. The summed E-state index contributed by atoms with van der Waals surface area (Å²) >= 11 is 0. The fourth-order valence-corrected chi connectivity index (χ4v) is 2.62. The molecule has 1 aromatic carbocycles. The molecule has 1 aliphatic rings. The smallest absolute Gasteiger partial charge is 0.307 e. The van der Waals surface area contributed by atoms with Gasteiger partial charge in [0.1, 0.15) is 12.1 Å². The third-order valence-electron chi connectivity index (χ3n) is 3.70. The van der Waals surface area contributed by atoms with Gasteiger partial charge < -0.3 is 10.4 Å². The minimum Gasteiger partial charge on any atom is -0.481 e. The highest BCUT2D eigenvalue weighted by Crippen LogP contribution is 2.33. The van der Waals surface area contributed by atoms with Crippen LogP contribution in [0.15, 0.2) is 18.2 Å². The molecule has 0 radical (unpaired) electrons. The highest BCUT2D eigenvalue weighted by atomic mass is 16.4. The van der Waals surface area contributed by atoms with Gasteiger partial charge in [0, 0.05) is 5.69 Å². The number of amides is 1. The molecule has 1 fully saturated rings. The molecular weight excluding hydrogens is 270 g/mol. The van der Waals surface area contributed by atoms with Crippen LogP contribution in [0.2, 0.25) is 0 Å². The molecule has 2 unspecified atom stereocenters. The van der Waals surface area contributed by atoms with E-state index in [0.29, 0.717) is 24.9 Å². The third-order valence-corrected chi connectivity index (χ3v) is 3.70. The summed E-state index contributed by atoms with van der Waals surface area (Å²) in [5, 5.41) is 29.5. The van der Waals surface area contributed by atoms with E-state index in [2.05, 4.69) is 5.32 Å². The molecule has 0 saturated heterocycles. The molecule has 2 rings (SSSR count). The van der Waals surface area contributed by atoms with Crippen molar-refractivity contribution in [2.45, 2.75) is 19.3 Å². The molecule has 21 heavy (non-hydrogen) atoms. The molecule has 0 aliphatic heterocycles. The van der Waals surface area contributed by atoms with Gasteiger partial charge >= 0.3 is 5.97 Å². The average Bonchev–Trinajstić information content (AvgIpc) is 2.96. The Kier molecular flexibility index (Phi) is 4.20. The van der Waals surface area contributed by atoms with E-state index >= 15 is 0 Å². The summed E-state index contributed by atoms with van der Waals surface area (Å²) in [5.74, 6) is -2.51. The molecule has 0 heterocycles. The number of nitriles is 2. The molecule has 2 atom stereocenters. The van der Waals surface area contributed by atoms with E-state index < -0.39 is 17.8 Å². The maximum Gasteiger partial charge on any atom is 0.307 e. The molecule has 1 amide bonds. The van der Waals surface area contributed by atoms with Crippen LogP contribution < -0.4 is 5.32 Å². The zero-order valence-electron chi connectivity index (χ0n) is 11.2. The van der Waals surface area contributed by atoms with Crippen LogP contribution in [-0.2, 0) is 9.59 Å². The zero-order chi connectivity index (χ0) is 15.4. The van der Waals surface area contributed by atoms with Crippen LogP contribution in [0.3, 0.4) is 0 Å². The number of hydrogen-bond acceptors (Lipinski definition) is 4. The summed E-state index contributed by atoms with van der Waals surface area (Å²) in [6, 6.07) is 8.18. The molecular formula is C15H13N3O3. The topological polar surface area (TPSA) is 114 Å². The van der Waals surface area contributed by atoms with E-state index in [0.717, 1.165) is 0 Å². The molecule has 6 nitrogen and oxygen atoms in total. The van der Waals surface area contributed by atoms with Gasteiger partial charge in [0.25, 0.3) is 0 Å². The Balaban J connectivity index is 2.15. The number of nitrogens with one attached hydrogen (secondary N) is 1. The van der Waals surface area contributed by atoms with Crippen LogP contribution in [0.4, 0.5) is 5.69 Å². The second-order valence-electron chi connectivity index (χ2n) is 4.96. The van der Waals surface area contributed by atoms with Crippen LogP contribution in [0, 0.1) is 34.5 Å². The van der Waals surface area contributed by atoms with E-state index in [4.69, 9.17) is 15.6 Å². The minimum absolute atomic E-state index is 0.177. The van der Waals surface area contributed by atoms with Crippen molar-refractivity contribution >= 4 is 17.6 Å². The van der Waals surface area contributed by atoms with Gasteiger partial charge in [0.15, 0.2) is 0 Å². The van der Waals surface area contributed by atoms with Crippen molar-refractivity contribution in [1.82, 2.24) is 0 Å². The molecule has 0 spiro atoms. The minimum atomic E-state index is -0.954. The number of benzene rings is 1. The van der Waals surface area contributed by atoms with Gasteiger partial charge in [-0.2, -0.15) is 10.5 Å². The molecule has 0 aromatic heterocycles. The van der Waals surface area contributed by atoms with Crippen molar-refractivity contribution < 1.29 is 14.7 Å². The maximum absolute atomic E-state index is 12.2. The van der Waals surface area contributed by atoms with Gasteiger partial charge in [-0.25, -0.2) is 0 Å². The Morgan fingerprint density at radius 2 is 1.81 bits per heavy atom. The van der Waals surface area contributed by atoms with Gasteiger partial charge in [0.2, 0.25) is 5.91 Å². The Hall–Kier alpha value is -2.86. The molecule has 1 aliphatic carbocycles. The van der Waals surface area contributed by atoms with Crippen LogP contribution >= 0.6 is 0 Å². The van der Waals surface area contributed by atoms with Gasteiger partial charge in [-0.05, 0) is 31.0 Å². The van der Waals surface area contributed by atoms with Crippen LogP contribution in [0.5, 0.6) is 0 Å². The Morgan fingerprint density at radius 1 is 1.14 bits per heavy atom. The van der Waals surface area contributed by atoms with E-state index in [1.807, 2.05) is 12.1 Å². The fraction of sp³-hybridized carbons (Fsp3) is 0.333. The van der Waals surface area contributed by atoms with Gasteiger partial charge in [-0.3, -0.25) is 9.59 Å². The summed E-state index contributed by atoms with van der Waals surface area (Å²) < 4.78 is 0. The SMILES string of the molecule is N#Cc1ccc(NC(=O)C2CCCC2C(=O)O)cc1C#N. The summed E-state index contributed by atoms with van der Waals surface area (Å²) in [6.07, 6.45) is 1.76. The monoisotopic (exact) mass is 283 g/mol. The number of carboxylic acids is 1. The number of carbonyl (C=O) groups excluding carboxylic acids is 1. The first-order chi connectivity index (χ1) is 10.1. The maximum atomic E-state index is 12.2. The molecule has 1 aromatic rings.